The summed E-state index contributed by atoms with van der Waals surface area (Å²) in [5.41, 5.74) is 8.97. The number of hydrogen-bond donors (Lipinski definition) is 2. The van der Waals surface area contributed by atoms with E-state index in [0.717, 1.165) is 0 Å². The summed E-state index contributed by atoms with van der Waals surface area (Å²) in [6.07, 6.45) is 1.68. The van der Waals surface area contributed by atoms with Gasteiger partial charge in [0.1, 0.15) is 17.5 Å². The highest BCUT2D eigenvalue weighted by Crippen LogP contribution is 2.41. The zero-order chi connectivity index (χ0) is 19.0. The number of nitrogen functional groups attached to an aromatic ring is 1. The Morgan fingerprint density at radius 1 is 1.46 bits per heavy atom. The Kier molecular flexibility index (Phi) is 4.26. The zero-order valence-electron chi connectivity index (χ0n) is 14.7. The summed E-state index contributed by atoms with van der Waals surface area (Å²) in [5.74, 6) is -0.564. The predicted octanol–water partition coefficient (Wildman–Crippen LogP) is 2.98. The van der Waals surface area contributed by atoms with E-state index in [9.17, 15) is 15.2 Å². The third kappa shape index (κ3) is 2.43. The number of hydrogen-bond acceptors (Lipinski definition) is 6. The lowest BCUT2D eigenvalue weighted by atomic mass is 9.94. The lowest BCUT2D eigenvalue weighted by Gasteiger charge is -2.15. The highest BCUT2D eigenvalue weighted by atomic mass is 16.5. The van der Waals surface area contributed by atoms with Gasteiger partial charge in [0, 0.05) is 23.7 Å². The van der Waals surface area contributed by atoms with Crippen LogP contribution in [0.3, 0.4) is 0 Å². The van der Waals surface area contributed by atoms with E-state index in [-0.39, 0.29) is 17.1 Å². The van der Waals surface area contributed by atoms with Crippen LogP contribution >= 0.6 is 0 Å². The molecule has 0 aliphatic heterocycles. The molecule has 7 heteroatoms. The quantitative estimate of drug-likeness (QED) is 0.702. The number of pyridine rings is 1. The van der Waals surface area contributed by atoms with Gasteiger partial charge in [0.2, 0.25) is 0 Å². The number of aryl methyl sites for hydroxylation is 1. The number of phenolic OH excluding ortho intramolecular Hbond substituents is 1. The fourth-order valence-corrected chi connectivity index (χ4v) is 3.08. The molecule has 0 aliphatic carbocycles. The van der Waals surface area contributed by atoms with Crippen molar-refractivity contribution in [1.82, 2.24) is 9.55 Å². The number of carbonyl (C=O) groups is 1. The van der Waals surface area contributed by atoms with Crippen LogP contribution < -0.4 is 5.73 Å². The third-order valence-corrected chi connectivity index (χ3v) is 4.46. The molecule has 26 heavy (non-hydrogen) atoms. The van der Waals surface area contributed by atoms with E-state index >= 15 is 0 Å². The van der Waals surface area contributed by atoms with Crippen LogP contribution in [0.2, 0.25) is 0 Å². The Balaban J connectivity index is 2.56. The second-order valence-corrected chi connectivity index (χ2v) is 5.83. The van der Waals surface area contributed by atoms with Crippen molar-refractivity contribution in [2.75, 3.05) is 12.8 Å². The van der Waals surface area contributed by atoms with Gasteiger partial charge in [0.25, 0.3) is 0 Å². The first-order valence-corrected chi connectivity index (χ1v) is 8.04. The van der Waals surface area contributed by atoms with Gasteiger partial charge in [-0.1, -0.05) is 12.1 Å². The highest BCUT2D eigenvalue weighted by Gasteiger charge is 2.25. The number of nitrogens with zero attached hydrogens (tertiary/aromatic N) is 3. The number of esters is 1. The first-order chi connectivity index (χ1) is 12.4. The number of nitriles is 1. The van der Waals surface area contributed by atoms with Crippen molar-refractivity contribution in [3.05, 3.63) is 41.2 Å². The van der Waals surface area contributed by atoms with Crippen molar-refractivity contribution < 1.29 is 14.6 Å². The molecule has 0 bridgehead atoms. The average Bonchev–Trinajstić information content (AvgIpc) is 3.01. The number of nitrogens with two attached hydrogens (primary N) is 1. The van der Waals surface area contributed by atoms with Crippen LogP contribution in [0.1, 0.15) is 28.5 Å². The van der Waals surface area contributed by atoms with Crippen molar-refractivity contribution in [1.29, 1.82) is 5.26 Å². The third-order valence-electron chi connectivity index (χ3n) is 4.46. The van der Waals surface area contributed by atoms with Gasteiger partial charge >= 0.3 is 5.97 Å². The lowest BCUT2D eigenvalue weighted by Crippen LogP contribution is -2.11. The highest BCUT2D eigenvalue weighted by molar-refractivity contribution is 6.09. The molecule has 0 amide bonds. The van der Waals surface area contributed by atoms with Gasteiger partial charge in [-0.05, 0) is 31.0 Å². The van der Waals surface area contributed by atoms with Crippen LogP contribution in [0, 0.1) is 18.3 Å². The maximum Gasteiger partial charge on any atom is 0.358 e. The molecule has 0 aliphatic rings. The molecule has 2 heterocycles. The molecule has 3 rings (SSSR count). The Hall–Kier alpha value is -3.53. The van der Waals surface area contributed by atoms with Gasteiger partial charge in [0.15, 0.2) is 5.69 Å². The molecular weight excluding hydrogens is 332 g/mol. The molecule has 0 radical (unpaired) electrons. The van der Waals surface area contributed by atoms with Crippen LogP contribution in [-0.2, 0) is 11.3 Å². The van der Waals surface area contributed by atoms with Crippen molar-refractivity contribution in [2.24, 2.45) is 0 Å². The van der Waals surface area contributed by atoms with E-state index < -0.39 is 5.97 Å². The summed E-state index contributed by atoms with van der Waals surface area (Å²) in [6.45, 7) is 4.22. The lowest BCUT2D eigenvalue weighted by molar-refractivity contribution is 0.0596. The van der Waals surface area contributed by atoms with E-state index in [1.54, 1.807) is 35.9 Å². The zero-order valence-corrected chi connectivity index (χ0v) is 14.7. The van der Waals surface area contributed by atoms with E-state index in [4.69, 9.17) is 10.5 Å². The number of phenols is 1. The Bertz CT molecular complexity index is 1080. The van der Waals surface area contributed by atoms with Crippen LogP contribution in [0.4, 0.5) is 5.69 Å². The molecular formula is C19H18N4O3. The molecule has 0 saturated heterocycles. The van der Waals surface area contributed by atoms with Gasteiger partial charge in [-0.25, -0.2) is 9.78 Å². The van der Waals surface area contributed by atoms with Crippen LogP contribution in [0.15, 0.2) is 24.4 Å². The first kappa shape index (κ1) is 17.3. The molecule has 1 aromatic carbocycles. The van der Waals surface area contributed by atoms with Gasteiger partial charge in [-0.15, -0.1) is 0 Å². The van der Waals surface area contributed by atoms with Gasteiger partial charge in [-0.3, -0.25) is 0 Å². The van der Waals surface area contributed by atoms with E-state index in [0.29, 0.717) is 39.8 Å². The Labute approximate surface area is 150 Å². The van der Waals surface area contributed by atoms with Crippen molar-refractivity contribution in [3.63, 3.8) is 0 Å². The molecule has 0 saturated carbocycles. The van der Waals surface area contributed by atoms with E-state index in [1.807, 2.05) is 6.92 Å². The molecule has 0 unspecified atom stereocenters. The normalized spacial score (nSPS) is 10.7. The largest absolute Gasteiger partial charge is 0.508 e. The molecule has 132 valence electrons. The van der Waals surface area contributed by atoms with Gasteiger partial charge < -0.3 is 20.1 Å². The van der Waals surface area contributed by atoms with Crippen molar-refractivity contribution in [2.45, 2.75) is 20.4 Å². The number of aromatic nitrogens is 2. The number of carbonyl (C=O) groups excluding carboxylic acids is 1. The molecule has 0 spiro atoms. The molecule has 0 fully saturated rings. The summed E-state index contributed by atoms with van der Waals surface area (Å²) in [4.78, 5) is 16.6. The number of benzene rings is 1. The first-order valence-electron chi connectivity index (χ1n) is 8.04. The van der Waals surface area contributed by atoms with Gasteiger partial charge in [-0.2, -0.15) is 5.26 Å². The standard InChI is InChI=1S/C19H18N4O3/c1-4-23-9-11(8-20)14-15(12-6-5-7-13(24)10(12)2)16(21)17(19(25)26-3)22-18(14)23/h5-7,9,24H,4,21H2,1-3H3. The molecule has 3 aromatic rings. The van der Waals surface area contributed by atoms with E-state index in [1.165, 1.54) is 7.11 Å². The monoisotopic (exact) mass is 350 g/mol. The van der Waals surface area contributed by atoms with Crippen LogP contribution in [0.5, 0.6) is 5.75 Å². The summed E-state index contributed by atoms with van der Waals surface area (Å²) >= 11 is 0. The fourth-order valence-electron chi connectivity index (χ4n) is 3.08. The summed E-state index contributed by atoms with van der Waals surface area (Å²) in [5, 5.41) is 20.2. The fraction of sp³-hybridized carbons (Fsp3) is 0.211. The second kappa shape index (κ2) is 6.41. The molecule has 2 aromatic heterocycles. The SMILES string of the molecule is CCn1cc(C#N)c2c(-c3cccc(O)c3C)c(N)c(C(=O)OC)nc21. The van der Waals surface area contributed by atoms with E-state index in [2.05, 4.69) is 11.1 Å². The predicted molar refractivity (Wildman–Crippen MR) is 97.7 cm³/mol. The van der Waals surface area contributed by atoms with Crippen molar-refractivity contribution >= 4 is 22.7 Å². The Morgan fingerprint density at radius 3 is 2.81 bits per heavy atom. The van der Waals surface area contributed by atoms with Crippen LogP contribution in [-0.4, -0.2) is 27.7 Å². The van der Waals surface area contributed by atoms with Crippen molar-refractivity contribution in [3.8, 4) is 22.9 Å². The minimum atomic E-state index is -0.661. The molecule has 0 atom stereocenters. The minimum absolute atomic E-state index is 0.0185. The second-order valence-electron chi connectivity index (χ2n) is 5.83. The van der Waals surface area contributed by atoms with Crippen LogP contribution in [0.25, 0.3) is 22.2 Å². The summed E-state index contributed by atoms with van der Waals surface area (Å²) < 4.78 is 6.59. The number of anilines is 1. The smallest absolute Gasteiger partial charge is 0.358 e. The topological polar surface area (TPSA) is 114 Å². The molecule has 7 nitrogen and oxygen atoms in total. The number of rotatable bonds is 3. The molecule has 3 N–H and O–H groups in total. The maximum atomic E-state index is 12.2. The number of aromatic hydroxyl groups is 1. The maximum absolute atomic E-state index is 12.2. The number of ether oxygens (including phenoxy) is 1. The number of methoxy groups -OCH3 is 1. The minimum Gasteiger partial charge on any atom is -0.508 e. The number of fused-ring (bicyclic) bond motifs is 1. The summed E-state index contributed by atoms with van der Waals surface area (Å²) in [7, 11) is 1.26. The average molecular weight is 350 g/mol. The Morgan fingerprint density at radius 2 is 2.19 bits per heavy atom. The van der Waals surface area contributed by atoms with Gasteiger partial charge in [0.05, 0.1) is 18.4 Å². The summed E-state index contributed by atoms with van der Waals surface area (Å²) in [6, 6.07) is 7.20.